The maximum absolute atomic E-state index is 14.4. The number of halogens is 7. The Balaban J connectivity index is 2.63. The smallest absolute Gasteiger partial charge is 0.435 e. The third kappa shape index (κ3) is 4.43. The molecule has 0 aliphatic rings. The summed E-state index contributed by atoms with van der Waals surface area (Å²) in [5.74, 6) is -1.73. The SMILES string of the molecule is COc1ccc([N+](=O)[O-])c(OC)c1C(=O)Nc1c(C)cc(C(F)(C(F)(F)F)C(F)(F)F)cc1C. The molecule has 2 aromatic rings. The zero-order chi connectivity index (χ0) is 26.2. The molecule has 0 spiro atoms. The van der Waals surface area contributed by atoms with E-state index in [1.54, 1.807) is 0 Å². The second kappa shape index (κ2) is 8.99. The van der Waals surface area contributed by atoms with Gasteiger partial charge >= 0.3 is 23.7 Å². The number of carbonyl (C=O) groups excluding carboxylic acids is 1. The van der Waals surface area contributed by atoms with Gasteiger partial charge in [0.25, 0.3) is 5.91 Å². The molecular weight excluding hydrogens is 481 g/mol. The molecule has 2 rings (SSSR count). The largest absolute Gasteiger partial charge is 0.496 e. The third-order valence-corrected chi connectivity index (χ3v) is 4.90. The van der Waals surface area contributed by atoms with Crippen molar-refractivity contribution in [2.75, 3.05) is 19.5 Å². The monoisotopic (exact) mass is 498 g/mol. The fourth-order valence-corrected chi connectivity index (χ4v) is 3.31. The first kappa shape index (κ1) is 26.7. The number of aryl methyl sites for hydroxylation is 2. The summed E-state index contributed by atoms with van der Waals surface area (Å²) in [6.07, 6.45) is -12.6. The summed E-state index contributed by atoms with van der Waals surface area (Å²) in [4.78, 5) is 23.3. The molecule has 1 N–H and O–H groups in total. The van der Waals surface area contributed by atoms with Crippen molar-refractivity contribution in [3.8, 4) is 11.5 Å². The number of ether oxygens (including phenoxy) is 2. The molecule has 1 amide bonds. The Labute approximate surface area is 187 Å². The number of methoxy groups -OCH3 is 2. The van der Waals surface area contributed by atoms with Crippen molar-refractivity contribution in [3.63, 3.8) is 0 Å². The lowest BCUT2D eigenvalue weighted by atomic mass is 9.90. The van der Waals surface area contributed by atoms with Crippen LogP contribution in [0.3, 0.4) is 0 Å². The summed E-state index contributed by atoms with van der Waals surface area (Å²) in [5.41, 5.74) is -9.32. The molecule has 14 heteroatoms. The van der Waals surface area contributed by atoms with Gasteiger partial charge in [0.2, 0.25) is 5.75 Å². The number of anilines is 1. The van der Waals surface area contributed by atoms with E-state index in [1.807, 2.05) is 0 Å². The van der Waals surface area contributed by atoms with Crippen LogP contribution in [-0.2, 0) is 5.67 Å². The number of nitrogens with zero attached hydrogens (tertiary/aromatic N) is 1. The lowest BCUT2D eigenvalue weighted by Gasteiger charge is -2.31. The molecular formula is C20H17F7N2O5. The van der Waals surface area contributed by atoms with E-state index in [0.29, 0.717) is 12.1 Å². The van der Waals surface area contributed by atoms with Gasteiger partial charge in [-0.25, -0.2) is 4.39 Å². The summed E-state index contributed by atoms with van der Waals surface area (Å²) < 4.78 is 103. The van der Waals surface area contributed by atoms with Gasteiger partial charge < -0.3 is 14.8 Å². The quantitative estimate of drug-likeness (QED) is 0.310. The van der Waals surface area contributed by atoms with E-state index in [4.69, 9.17) is 9.47 Å². The minimum absolute atomic E-state index is 0.163. The van der Waals surface area contributed by atoms with Crippen molar-refractivity contribution in [3.05, 3.63) is 56.6 Å². The molecule has 0 unspecified atom stereocenters. The molecule has 186 valence electrons. The van der Waals surface area contributed by atoms with Gasteiger partial charge in [-0.15, -0.1) is 0 Å². The predicted octanol–water partition coefficient (Wildman–Crippen LogP) is 5.77. The van der Waals surface area contributed by atoms with Gasteiger partial charge in [0.1, 0.15) is 11.3 Å². The number of rotatable bonds is 6. The molecule has 0 aliphatic carbocycles. The lowest BCUT2D eigenvalue weighted by Crippen LogP contribution is -2.50. The lowest BCUT2D eigenvalue weighted by molar-refractivity contribution is -0.385. The van der Waals surface area contributed by atoms with Crippen LogP contribution in [0.1, 0.15) is 27.0 Å². The van der Waals surface area contributed by atoms with E-state index in [1.165, 1.54) is 0 Å². The molecule has 0 fully saturated rings. The molecule has 0 bridgehead atoms. The highest BCUT2D eigenvalue weighted by atomic mass is 19.4. The van der Waals surface area contributed by atoms with Crippen molar-refractivity contribution in [2.45, 2.75) is 31.9 Å². The molecule has 0 radical (unpaired) electrons. The molecule has 0 aliphatic heterocycles. The Morgan fingerprint density at radius 2 is 1.44 bits per heavy atom. The highest BCUT2D eigenvalue weighted by molar-refractivity contribution is 6.09. The van der Waals surface area contributed by atoms with Gasteiger partial charge in [-0.1, -0.05) is 12.1 Å². The number of amides is 1. The molecule has 0 saturated carbocycles. The van der Waals surface area contributed by atoms with Crippen LogP contribution in [-0.4, -0.2) is 37.4 Å². The first-order valence-corrected chi connectivity index (χ1v) is 9.16. The maximum atomic E-state index is 14.4. The fraction of sp³-hybridized carbons (Fsp3) is 0.350. The van der Waals surface area contributed by atoms with Crippen LogP contribution < -0.4 is 14.8 Å². The highest BCUT2D eigenvalue weighted by Crippen LogP contribution is 2.54. The molecule has 2 aromatic carbocycles. The number of nitro benzene ring substituents is 1. The van der Waals surface area contributed by atoms with Gasteiger partial charge in [-0.05, 0) is 31.0 Å². The minimum atomic E-state index is -6.31. The van der Waals surface area contributed by atoms with Crippen LogP contribution in [0, 0.1) is 24.0 Å². The fourth-order valence-electron chi connectivity index (χ4n) is 3.31. The van der Waals surface area contributed by atoms with E-state index >= 15 is 0 Å². The normalized spacial score (nSPS) is 12.3. The van der Waals surface area contributed by atoms with E-state index in [2.05, 4.69) is 5.32 Å². The van der Waals surface area contributed by atoms with Gasteiger partial charge in [-0.3, -0.25) is 14.9 Å². The Morgan fingerprint density at radius 1 is 0.941 bits per heavy atom. The summed E-state index contributed by atoms with van der Waals surface area (Å²) in [5, 5.41) is 13.5. The van der Waals surface area contributed by atoms with Crippen molar-refractivity contribution in [1.82, 2.24) is 0 Å². The molecule has 0 heterocycles. The van der Waals surface area contributed by atoms with Crippen molar-refractivity contribution < 1.29 is 49.9 Å². The second-order valence-electron chi connectivity index (χ2n) is 7.05. The number of benzene rings is 2. The molecule has 7 nitrogen and oxygen atoms in total. The number of hydrogen-bond donors (Lipinski definition) is 1. The van der Waals surface area contributed by atoms with E-state index in [9.17, 15) is 45.6 Å². The number of alkyl halides is 7. The van der Waals surface area contributed by atoms with Crippen molar-refractivity contribution >= 4 is 17.3 Å². The predicted molar refractivity (Wildman–Crippen MR) is 105 cm³/mol. The number of nitrogens with one attached hydrogen (secondary N) is 1. The Morgan fingerprint density at radius 3 is 1.82 bits per heavy atom. The molecule has 34 heavy (non-hydrogen) atoms. The van der Waals surface area contributed by atoms with E-state index in [-0.39, 0.29) is 22.6 Å². The number of carbonyl (C=O) groups is 1. The standard InChI is InChI=1S/C20H17F7N2O5/c1-9-7-11(18(21,19(22,23)24)20(25,26)27)8-10(2)15(9)28-17(30)14-13(33-3)6-5-12(29(31)32)16(14)34-4/h5-8H,1-4H3,(H,28,30). The van der Waals surface area contributed by atoms with Crippen molar-refractivity contribution in [1.29, 1.82) is 0 Å². The van der Waals surface area contributed by atoms with Gasteiger partial charge in [0.05, 0.1) is 19.1 Å². The minimum Gasteiger partial charge on any atom is -0.496 e. The van der Waals surface area contributed by atoms with E-state index < -0.39 is 51.4 Å². The highest BCUT2D eigenvalue weighted by Gasteiger charge is 2.73. The first-order valence-electron chi connectivity index (χ1n) is 9.16. The molecule has 0 atom stereocenters. The first-order chi connectivity index (χ1) is 15.5. The number of hydrogen-bond acceptors (Lipinski definition) is 5. The summed E-state index contributed by atoms with van der Waals surface area (Å²) in [6, 6.07) is 2.73. The Bertz CT molecular complexity index is 1090. The average Bonchev–Trinajstić information content (AvgIpc) is 2.72. The van der Waals surface area contributed by atoms with Gasteiger partial charge in [0, 0.05) is 17.3 Å². The number of nitro groups is 1. The summed E-state index contributed by atoms with van der Waals surface area (Å²) in [7, 11) is 2.19. The zero-order valence-corrected chi connectivity index (χ0v) is 17.9. The second-order valence-corrected chi connectivity index (χ2v) is 7.05. The van der Waals surface area contributed by atoms with Crippen LogP contribution in [0.25, 0.3) is 0 Å². The zero-order valence-electron chi connectivity index (χ0n) is 17.9. The van der Waals surface area contributed by atoms with Crippen LogP contribution in [0.15, 0.2) is 24.3 Å². The third-order valence-electron chi connectivity index (χ3n) is 4.90. The van der Waals surface area contributed by atoms with Crippen molar-refractivity contribution in [2.24, 2.45) is 0 Å². The van der Waals surface area contributed by atoms with Crippen LogP contribution in [0.4, 0.5) is 42.1 Å². The van der Waals surface area contributed by atoms with Crippen LogP contribution in [0.5, 0.6) is 11.5 Å². The average molecular weight is 498 g/mol. The van der Waals surface area contributed by atoms with Crippen LogP contribution in [0.2, 0.25) is 0 Å². The van der Waals surface area contributed by atoms with E-state index in [0.717, 1.165) is 40.2 Å². The molecule has 0 saturated heterocycles. The Hall–Kier alpha value is -3.58. The molecule has 0 aromatic heterocycles. The maximum Gasteiger partial charge on any atom is 0.435 e. The van der Waals surface area contributed by atoms with Gasteiger partial charge in [-0.2, -0.15) is 26.3 Å². The topological polar surface area (TPSA) is 90.7 Å². The van der Waals surface area contributed by atoms with Crippen LogP contribution >= 0.6 is 0 Å². The summed E-state index contributed by atoms with van der Waals surface area (Å²) >= 11 is 0. The Kier molecular flexibility index (Phi) is 7.05. The summed E-state index contributed by atoms with van der Waals surface area (Å²) in [6.45, 7) is 2.11. The van der Waals surface area contributed by atoms with Gasteiger partial charge in [0.15, 0.2) is 0 Å².